The topological polar surface area (TPSA) is 20.2 Å². The van der Waals surface area contributed by atoms with E-state index in [2.05, 4.69) is 31.9 Å². The second-order valence-electron chi connectivity index (χ2n) is 3.63. The highest BCUT2D eigenvalue weighted by Gasteiger charge is 2.18. The Labute approximate surface area is 126 Å². The molecule has 1 nitrogen and oxygen atoms in total. The van der Waals surface area contributed by atoms with Gasteiger partial charge in [0.2, 0.25) is 0 Å². The highest BCUT2D eigenvalue weighted by Crippen LogP contribution is 2.36. The summed E-state index contributed by atoms with van der Waals surface area (Å²) in [5.74, 6) is 0. The lowest BCUT2D eigenvalue weighted by Crippen LogP contribution is -2.00. The van der Waals surface area contributed by atoms with Crippen LogP contribution >= 0.6 is 54.8 Å². The Bertz CT molecular complexity index is 553. The molecule has 1 N–H and O–H groups in total. The van der Waals surface area contributed by atoms with E-state index in [1.54, 1.807) is 23.5 Å². The van der Waals surface area contributed by atoms with Gasteiger partial charge in [-0.1, -0.05) is 27.5 Å². The minimum absolute atomic E-state index is 0.620. The standard InChI is InChI=1S/C12H9Br2ClOS/c1-6-8(5-11(14)17-6)12(16)9-4-7(15)2-3-10(9)13/h2-5,12,16H,1H3. The van der Waals surface area contributed by atoms with Crippen LogP contribution < -0.4 is 0 Å². The number of halogens is 3. The summed E-state index contributed by atoms with van der Waals surface area (Å²) in [7, 11) is 0. The first kappa shape index (κ1) is 13.6. The molecule has 90 valence electrons. The minimum Gasteiger partial charge on any atom is -0.384 e. The molecule has 1 aromatic heterocycles. The van der Waals surface area contributed by atoms with Gasteiger partial charge in [-0.2, -0.15) is 0 Å². The molecule has 1 aromatic carbocycles. The molecular formula is C12H9Br2ClOS. The van der Waals surface area contributed by atoms with Crippen LogP contribution in [0.15, 0.2) is 32.5 Å². The Morgan fingerprint density at radius 2 is 1.94 bits per heavy atom. The number of thiophene rings is 1. The Morgan fingerprint density at radius 3 is 2.53 bits per heavy atom. The normalized spacial score (nSPS) is 12.8. The average Bonchev–Trinajstić information content (AvgIpc) is 2.60. The third-order valence-electron chi connectivity index (χ3n) is 2.47. The van der Waals surface area contributed by atoms with Crippen molar-refractivity contribution in [3.05, 3.63) is 53.6 Å². The zero-order valence-electron chi connectivity index (χ0n) is 8.88. The van der Waals surface area contributed by atoms with Crippen molar-refractivity contribution >= 4 is 54.8 Å². The lowest BCUT2D eigenvalue weighted by Gasteiger charge is -2.13. The molecule has 1 atom stereocenters. The fourth-order valence-corrected chi connectivity index (χ4v) is 4.01. The smallest absolute Gasteiger partial charge is 0.106 e. The first-order chi connectivity index (χ1) is 7.99. The predicted octanol–water partition coefficient (Wildman–Crippen LogP) is 5.32. The molecule has 0 aliphatic carbocycles. The molecule has 0 saturated heterocycles. The fraction of sp³-hybridized carbons (Fsp3) is 0.167. The van der Waals surface area contributed by atoms with E-state index in [1.165, 1.54) is 0 Å². The van der Waals surface area contributed by atoms with Gasteiger partial charge in [0.25, 0.3) is 0 Å². The molecular weight excluding hydrogens is 387 g/mol. The van der Waals surface area contributed by atoms with Gasteiger partial charge in [0.1, 0.15) is 6.10 Å². The molecule has 1 heterocycles. The van der Waals surface area contributed by atoms with Gasteiger partial charge in [-0.05, 0) is 52.7 Å². The molecule has 0 fully saturated rings. The van der Waals surface area contributed by atoms with Gasteiger partial charge >= 0.3 is 0 Å². The van der Waals surface area contributed by atoms with Gasteiger partial charge in [0.05, 0.1) is 3.79 Å². The van der Waals surface area contributed by atoms with Crippen molar-refractivity contribution in [3.63, 3.8) is 0 Å². The van der Waals surface area contributed by atoms with E-state index in [4.69, 9.17) is 11.6 Å². The van der Waals surface area contributed by atoms with Crippen LogP contribution in [-0.4, -0.2) is 5.11 Å². The van der Waals surface area contributed by atoms with Crippen LogP contribution in [0.1, 0.15) is 22.1 Å². The van der Waals surface area contributed by atoms with E-state index in [-0.39, 0.29) is 0 Å². The van der Waals surface area contributed by atoms with Crippen molar-refractivity contribution in [2.75, 3.05) is 0 Å². The molecule has 0 amide bonds. The Balaban J connectivity index is 2.46. The molecule has 2 aromatic rings. The Hall–Kier alpha value is 0.130. The molecule has 1 unspecified atom stereocenters. The van der Waals surface area contributed by atoms with Crippen LogP contribution in [0.4, 0.5) is 0 Å². The van der Waals surface area contributed by atoms with E-state index in [1.807, 2.05) is 19.1 Å². The maximum Gasteiger partial charge on any atom is 0.106 e. The number of benzene rings is 1. The van der Waals surface area contributed by atoms with Crippen LogP contribution in [0.5, 0.6) is 0 Å². The maximum atomic E-state index is 10.4. The van der Waals surface area contributed by atoms with E-state index < -0.39 is 6.10 Å². The maximum absolute atomic E-state index is 10.4. The number of aryl methyl sites for hydroxylation is 1. The van der Waals surface area contributed by atoms with Crippen molar-refractivity contribution in [3.8, 4) is 0 Å². The summed E-state index contributed by atoms with van der Waals surface area (Å²) in [6.07, 6.45) is -0.661. The van der Waals surface area contributed by atoms with Crippen molar-refractivity contribution in [2.45, 2.75) is 13.0 Å². The molecule has 17 heavy (non-hydrogen) atoms. The van der Waals surface area contributed by atoms with E-state index >= 15 is 0 Å². The van der Waals surface area contributed by atoms with E-state index in [9.17, 15) is 5.11 Å². The first-order valence-corrected chi connectivity index (χ1v) is 7.66. The van der Waals surface area contributed by atoms with Gasteiger partial charge in [-0.15, -0.1) is 11.3 Å². The summed E-state index contributed by atoms with van der Waals surface area (Å²) in [6, 6.07) is 7.36. The Morgan fingerprint density at radius 1 is 1.24 bits per heavy atom. The summed E-state index contributed by atoms with van der Waals surface area (Å²) in [4.78, 5) is 1.09. The number of rotatable bonds is 2. The molecule has 5 heteroatoms. The zero-order chi connectivity index (χ0) is 12.6. The SMILES string of the molecule is Cc1sc(Br)cc1C(O)c1cc(Cl)ccc1Br. The second-order valence-corrected chi connectivity index (χ2v) is 7.56. The summed E-state index contributed by atoms with van der Waals surface area (Å²) in [5, 5.41) is 11.0. The highest BCUT2D eigenvalue weighted by atomic mass is 79.9. The molecule has 0 aliphatic heterocycles. The molecule has 2 rings (SSSR count). The molecule has 0 aliphatic rings. The van der Waals surface area contributed by atoms with Crippen LogP contribution in [-0.2, 0) is 0 Å². The molecule has 0 saturated carbocycles. The van der Waals surface area contributed by atoms with Gasteiger partial charge in [0, 0.05) is 19.9 Å². The number of hydrogen-bond acceptors (Lipinski definition) is 2. The summed E-state index contributed by atoms with van der Waals surface area (Å²) in [6.45, 7) is 1.99. The highest BCUT2D eigenvalue weighted by molar-refractivity contribution is 9.11. The lowest BCUT2D eigenvalue weighted by molar-refractivity contribution is 0.219. The van der Waals surface area contributed by atoms with Crippen molar-refractivity contribution in [1.82, 2.24) is 0 Å². The largest absolute Gasteiger partial charge is 0.384 e. The third kappa shape index (κ3) is 2.93. The molecule has 0 spiro atoms. The van der Waals surface area contributed by atoms with Gasteiger partial charge in [-0.3, -0.25) is 0 Å². The first-order valence-electron chi connectivity index (χ1n) is 4.88. The number of hydrogen-bond donors (Lipinski definition) is 1. The third-order valence-corrected chi connectivity index (χ3v) is 5.00. The minimum atomic E-state index is -0.661. The van der Waals surface area contributed by atoms with Crippen molar-refractivity contribution < 1.29 is 5.11 Å². The van der Waals surface area contributed by atoms with Crippen LogP contribution in [0.2, 0.25) is 5.02 Å². The summed E-state index contributed by atoms with van der Waals surface area (Å²) in [5.41, 5.74) is 1.69. The fourth-order valence-electron chi connectivity index (χ4n) is 1.62. The monoisotopic (exact) mass is 394 g/mol. The number of aliphatic hydroxyl groups excluding tert-OH is 1. The van der Waals surface area contributed by atoms with Crippen LogP contribution in [0.3, 0.4) is 0 Å². The molecule has 0 bridgehead atoms. The summed E-state index contributed by atoms with van der Waals surface area (Å²) < 4.78 is 1.87. The van der Waals surface area contributed by atoms with Crippen molar-refractivity contribution in [2.24, 2.45) is 0 Å². The van der Waals surface area contributed by atoms with Crippen LogP contribution in [0.25, 0.3) is 0 Å². The van der Waals surface area contributed by atoms with E-state index in [0.29, 0.717) is 5.02 Å². The van der Waals surface area contributed by atoms with Gasteiger partial charge in [-0.25, -0.2) is 0 Å². The number of aliphatic hydroxyl groups is 1. The summed E-state index contributed by atoms with van der Waals surface area (Å²) >= 11 is 14.4. The predicted molar refractivity (Wildman–Crippen MR) is 80.0 cm³/mol. The van der Waals surface area contributed by atoms with Crippen molar-refractivity contribution in [1.29, 1.82) is 0 Å². The quantitative estimate of drug-likeness (QED) is 0.729. The van der Waals surface area contributed by atoms with Gasteiger partial charge < -0.3 is 5.11 Å². The van der Waals surface area contributed by atoms with Gasteiger partial charge in [0.15, 0.2) is 0 Å². The van der Waals surface area contributed by atoms with E-state index in [0.717, 1.165) is 24.3 Å². The second kappa shape index (κ2) is 5.41. The lowest BCUT2D eigenvalue weighted by atomic mass is 10.0. The zero-order valence-corrected chi connectivity index (χ0v) is 13.6. The Kier molecular flexibility index (Phi) is 4.31. The average molecular weight is 397 g/mol. The molecule has 0 radical (unpaired) electrons. The van der Waals surface area contributed by atoms with Crippen LogP contribution in [0, 0.1) is 6.92 Å².